The number of nitriles is 1. The van der Waals surface area contributed by atoms with Crippen molar-refractivity contribution >= 4 is 29.3 Å². The molecule has 1 aliphatic heterocycles. The molecule has 0 fully saturated rings. The number of carbonyl (C=O) groups excluding carboxylic acids is 2. The predicted molar refractivity (Wildman–Crippen MR) is 124 cm³/mol. The summed E-state index contributed by atoms with van der Waals surface area (Å²) in [6.45, 7) is 1.66. The lowest BCUT2D eigenvalue weighted by Crippen LogP contribution is -2.31. The van der Waals surface area contributed by atoms with Crippen molar-refractivity contribution in [3.05, 3.63) is 81.8 Å². The van der Waals surface area contributed by atoms with Gasteiger partial charge in [0, 0.05) is 16.8 Å². The summed E-state index contributed by atoms with van der Waals surface area (Å²) in [4.78, 5) is 25.1. The van der Waals surface area contributed by atoms with Gasteiger partial charge < -0.3 is 20.1 Å². The first-order valence-electron chi connectivity index (χ1n) is 9.91. The lowest BCUT2D eigenvalue weighted by atomic mass is 9.82. The minimum atomic E-state index is -0.979. The zero-order chi connectivity index (χ0) is 24.0. The van der Waals surface area contributed by atoms with E-state index in [9.17, 15) is 19.2 Å². The normalized spacial score (nSPS) is 15.4. The van der Waals surface area contributed by atoms with Gasteiger partial charge in [0.1, 0.15) is 11.6 Å². The number of hydrogen-bond donors (Lipinski definition) is 2. The SMILES string of the molecule is COC(=O)CSC1=C(C#N)C(c2ccccc2F)C(C(=O)Nc2ccccc2OC)=C(C)N1. The molecule has 0 aliphatic carbocycles. The van der Waals surface area contributed by atoms with E-state index in [0.717, 1.165) is 11.8 Å². The number of ether oxygens (including phenoxy) is 2. The van der Waals surface area contributed by atoms with Gasteiger partial charge in [0.25, 0.3) is 5.91 Å². The van der Waals surface area contributed by atoms with E-state index in [2.05, 4.69) is 21.4 Å². The maximum absolute atomic E-state index is 14.9. The lowest BCUT2D eigenvalue weighted by molar-refractivity contribution is -0.137. The minimum Gasteiger partial charge on any atom is -0.495 e. The Bertz CT molecular complexity index is 1190. The topological polar surface area (TPSA) is 100 Å². The molecule has 0 bridgehead atoms. The van der Waals surface area contributed by atoms with Crippen LogP contribution >= 0.6 is 11.8 Å². The molecule has 7 nitrogen and oxygen atoms in total. The van der Waals surface area contributed by atoms with E-state index >= 15 is 0 Å². The van der Waals surface area contributed by atoms with Crippen LogP contribution in [0.15, 0.2) is 70.4 Å². The minimum absolute atomic E-state index is 0.0516. The highest BCUT2D eigenvalue weighted by atomic mass is 32.2. The molecule has 170 valence electrons. The first kappa shape index (κ1) is 23.9. The fourth-order valence-corrected chi connectivity index (χ4v) is 4.40. The first-order chi connectivity index (χ1) is 15.9. The Labute approximate surface area is 195 Å². The number of esters is 1. The van der Waals surface area contributed by atoms with Crippen molar-refractivity contribution in [2.24, 2.45) is 0 Å². The summed E-state index contributed by atoms with van der Waals surface area (Å²) in [5.74, 6) is -2.11. The van der Waals surface area contributed by atoms with Gasteiger partial charge in [0.2, 0.25) is 0 Å². The van der Waals surface area contributed by atoms with Crippen LogP contribution in [-0.2, 0) is 14.3 Å². The van der Waals surface area contributed by atoms with Crippen molar-refractivity contribution in [3.63, 3.8) is 0 Å². The summed E-state index contributed by atoms with van der Waals surface area (Å²) >= 11 is 1.06. The molecule has 0 spiro atoms. The Morgan fingerprint density at radius 3 is 2.55 bits per heavy atom. The average Bonchev–Trinajstić information content (AvgIpc) is 2.82. The Hall–Kier alpha value is -3.77. The van der Waals surface area contributed by atoms with Gasteiger partial charge in [-0.25, -0.2) is 4.39 Å². The van der Waals surface area contributed by atoms with Crippen molar-refractivity contribution in [2.75, 3.05) is 25.3 Å². The Kier molecular flexibility index (Phi) is 7.74. The summed E-state index contributed by atoms with van der Waals surface area (Å²) in [5.41, 5.74) is 1.36. The third-order valence-electron chi connectivity index (χ3n) is 5.03. The van der Waals surface area contributed by atoms with Gasteiger partial charge in [-0.05, 0) is 25.1 Å². The van der Waals surface area contributed by atoms with Crippen LogP contribution in [0.4, 0.5) is 10.1 Å². The van der Waals surface area contributed by atoms with E-state index in [0.29, 0.717) is 22.2 Å². The number of hydrogen-bond acceptors (Lipinski definition) is 7. The summed E-state index contributed by atoms with van der Waals surface area (Å²) < 4.78 is 24.9. The Morgan fingerprint density at radius 2 is 1.88 bits per heavy atom. The highest BCUT2D eigenvalue weighted by Gasteiger charge is 2.36. The smallest absolute Gasteiger partial charge is 0.316 e. The number of amides is 1. The lowest BCUT2D eigenvalue weighted by Gasteiger charge is -2.30. The highest BCUT2D eigenvalue weighted by molar-refractivity contribution is 8.03. The third-order valence-corrected chi connectivity index (χ3v) is 6.02. The predicted octanol–water partition coefficient (Wildman–Crippen LogP) is 4.08. The van der Waals surface area contributed by atoms with Gasteiger partial charge in [-0.1, -0.05) is 42.1 Å². The number of allylic oxidation sites excluding steroid dienone is 2. The average molecular weight is 468 g/mol. The molecule has 1 amide bonds. The second kappa shape index (κ2) is 10.7. The van der Waals surface area contributed by atoms with Crippen molar-refractivity contribution in [1.82, 2.24) is 5.32 Å². The number of methoxy groups -OCH3 is 2. The van der Waals surface area contributed by atoms with Crippen molar-refractivity contribution in [1.29, 1.82) is 5.26 Å². The molecule has 33 heavy (non-hydrogen) atoms. The van der Waals surface area contributed by atoms with E-state index < -0.39 is 23.6 Å². The molecule has 2 aromatic rings. The number of nitrogens with one attached hydrogen (secondary N) is 2. The number of nitrogens with zero attached hydrogens (tertiary/aromatic N) is 1. The molecular formula is C24H22FN3O4S. The van der Waals surface area contributed by atoms with E-state index in [1.165, 1.54) is 32.4 Å². The fraction of sp³-hybridized carbons (Fsp3) is 0.208. The van der Waals surface area contributed by atoms with E-state index in [1.807, 2.05) is 0 Å². The molecule has 1 atom stereocenters. The molecule has 3 rings (SSSR count). The maximum Gasteiger partial charge on any atom is 0.316 e. The molecule has 9 heteroatoms. The number of thioether (sulfide) groups is 1. The number of carbonyl (C=O) groups is 2. The van der Waals surface area contributed by atoms with Gasteiger partial charge in [-0.3, -0.25) is 9.59 Å². The van der Waals surface area contributed by atoms with Gasteiger partial charge in [-0.15, -0.1) is 0 Å². The number of halogens is 1. The number of benzene rings is 2. The summed E-state index contributed by atoms with van der Waals surface area (Å²) in [7, 11) is 2.76. The van der Waals surface area contributed by atoms with E-state index in [4.69, 9.17) is 4.74 Å². The number of rotatable bonds is 7. The fourth-order valence-electron chi connectivity index (χ4n) is 3.48. The molecule has 0 saturated heterocycles. The molecule has 0 radical (unpaired) electrons. The third kappa shape index (κ3) is 5.18. The van der Waals surface area contributed by atoms with Gasteiger partial charge >= 0.3 is 5.97 Å². The second-order valence-corrected chi connectivity index (χ2v) is 7.98. The van der Waals surface area contributed by atoms with Gasteiger partial charge in [-0.2, -0.15) is 5.26 Å². The zero-order valence-corrected chi connectivity index (χ0v) is 19.1. The largest absolute Gasteiger partial charge is 0.495 e. The van der Waals surface area contributed by atoms with Crippen LogP contribution in [0.2, 0.25) is 0 Å². The van der Waals surface area contributed by atoms with E-state index in [-0.39, 0.29) is 22.5 Å². The van der Waals surface area contributed by atoms with Crippen molar-refractivity contribution in [3.8, 4) is 11.8 Å². The molecule has 2 N–H and O–H groups in total. The number of para-hydroxylation sites is 2. The standard InChI is InChI=1S/C24H22FN3O4S/c1-14-21(23(30)28-18-10-6-7-11-19(18)31-2)22(15-8-4-5-9-17(15)25)16(12-26)24(27-14)33-13-20(29)32-3/h4-11,22,27H,13H2,1-3H3,(H,28,30). The molecule has 0 aromatic heterocycles. The van der Waals surface area contributed by atoms with Crippen LogP contribution in [-0.4, -0.2) is 31.8 Å². The number of dihydropyridines is 1. The van der Waals surface area contributed by atoms with Crippen LogP contribution in [0.3, 0.4) is 0 Å². The monoisotopic (exact) mass is 467 g/mol. The van der Waals surface area contributed by atoms with Crippen LogP contribution in [0.25, 0.3) is 0 Å². The quantitative estimate of drug-likeness (QED) is 0.592. The summed E-state index contributed by atoms with van der Waals surface area (Å²) in [6, 6.07) is 15.0. The maximum atomic E-state index is 14.9. The Balaban J connectivity index is 2.08. The molecule has 2 aromatic carbocycles. The number of anilines is 1. The van der Waals surface area contributed by atoms with Crippen molar-refractivity contribution < 1.29 is 23.5 Å². The zero-order valence-electron chi connectivity index (χ0n) is 18.3. The Morgan fingerprint density at radius 1 is 1.18 bits per heavy atom. The van der Waals surface area contributed by atoms with Crippen molar-refractivity contribution in [2.45, 2.75) is 12.8 Å². The van der Waals surface area contributed by atoms with E-state index in [1.54, 1.807) is 37.3 Å². The highest BCUT2D eigenvalue weighted by Crippen LogP contribution is 2.42. The summed E-state index contributed by atoms with van der Waals surface area (Å²) in [5, 5.41) is 16.2. The van der Waals surface area contributed by atoms with Crippen LogP contribution in [0, 0.1) is 17.1 Å². The molecule has 1 heterocycles. The van der Waals surface area contributed by atoms with Gasteiger partial charge in [0.15, 0.2) is 0 Å². The molecule has 1 unspecified atom stereocenters. The first-order valence-corrected chi connectivity index (χ1v) is 10.9. The molecule has 1 aliphatic rings. The van der Waals surface area contributed by atoms with Crippen LogP contribution in [0.5, 0.6) is 5.75 Å². The summed E-state index contributed by atoms with van der Waals surface area (Å²) in [6.07, 6.45) is 0. The van der Waals surface area contributed by atoms with Crippen LogP contribution < -0.4 is 15.4 Å². The van der Waals surface area contributed by atoms with Gasteiger partial charge in [0.05, 0.1) is 48.2 Å². The van der Waals surface area contributed by atoms with Crippen LogP contribution in [0.1, 0.15) is 18.4 Å². The molecular weight excluding hydrogens is 445 g/mol. The molecule has 0 saturated carbocycles. The second-order valence-electron chi connectivity index (χ2n) is 6.99.